The lowest BCUT2D eigenvalue weighted by Crippen LogP contribution is -2.36. The number of aryl methyl sites for hydroxylation is 1. The van der Waals surface area contributed by atoms with Crippen LogP contribution < -0.4 is 5.73 Å². The van der Waals surface area contributed by atoms with Crippen molar-refractivity contribution in [1.82, 2.24) is 19.8 Å². The van der Waals surface area contributed by atoms with E-state index in [4.69, 9.17) is 5.73 Å². The molecule has 0 saturated carbocycles. The van der Waals surface area contributed by atoms with Gasteiger partial charge in [0.1, 0.15) is 11.6 Å². The molecule has 2 aromatic rings. The molecule has 6 nitrogen and oxygen atoms in total. The summed E-state index contributed by atoms with van der Waals surface area (Å²) in [5.74, 6) is 1.32. The summed E-state index contributed by atoms with van der Waals surface area (Å²) < 4.78 is 0. The smallest absolute Gasteiger partial charge is 0.254 e. The molecule has 1 aromatic heterocycles. The fourth-order valence-electron chi connectivity index (χ4n) is 3.28. The second-order valence-electron chi connectivity index (χ2n) is 6.75. The van der Waals surface area contributed by atoms with Gasteiger partial charge in [-0.05, 0) is 50.6 Å². The van der Waals surface area contributed by atoms with Gasteiger partial charge in [0, 0.05) is 30.9 Å². The van der Waals surface area contributed by atoms with Crippen LogP contribution in [0.4, 0.5) is 5.82 Å². The summed E-state index contributed by atoms with van der Waals surface area (Å²) in [6.45, 7) is 6.18. The van der Waals surface area contributed by atoms with Gasteiger partial charge in [-0.15, -0.1) is 0 Å². The summed E-state index contributed by atoms with van der Waals surface area (Å²) >= 11 is 0. The molecule has 25 heavy (non-hydrogen) atoms. The highest BCUT2D eigenvalue weighted by molar-refractivity contribution is 5.96. The van der Waals surface area contributed by atoms with Crippen molar-refractivity contribution in [3.63, 3.8) is 0 Å². The Bertz CT molecular complexity index is 776. The van der Waals surface area contributed by atoms with Crippen molar-refractivity contribution in [2.75, 3.05) is 25.9 Å². The molecule has 1 fully saturated rings. The summed E-state index contributed by atoms with van der Waals surface area (Å²) in [6, 6.07) is 7.90. The molecule has 1 atom stereocenters. The Kier molecular flexibility index (Phi) is 4.99. The number of aromatic nitrogens is 2. The lowest BCUT2D eigenvalue weighted by molar-refractivity contribution is 0.0778. The Labute approximate surface area is 148 Å². The third-order valence-electron chi connectivity index (χ3n) is 5.03. The van der Waals surface area contributed by atoms with Crippen molar-refractivity contribution in [2.45, 2.75) is 32.9 Å². The topological polar surface area (TPSA) is 75.4 Å². The molecule has 132 valence electrons. The number of hydrogen-bond acceptors (Lipinski definition) is 5. The Morgan fingerprint density at radius 1 is 1.36 bits per heavy atom. The molecule has 0 spiro atoms. The Morgan fingerprint density at radius 3 is 2.92 bits per heavy atom. The van der Waals surface area contributed by atoms with Crippen molar-refractivity contribution in [1.29, 1.82) is 0 Å². The minimum atomic E-state index is 0.123. The Balaban J connectivity index is 1.64. The lowest BCUT2D eigenvalue weighted by atomic mass is 10.0. The van der Waals surface area contributed by atoms with Gasteiger partial charge in [-0.1, -0.05) is 12.1 Å². The highest BCUT2D eigenvalue weighted by Gasteiger charge is 2.30. The normalized spacial score (nSPS) is 17.3. The number of nitrogen functional groups attached to an aromatic ring is 1. The first-order valence-electron chi connectivity index (χ1n) is 8.59. The molecule has 2 heterocycles. The van der Waals surface area contributed by atoms with Crippen molar-refractivity contribution in [2.24, 2.45) is 0 Å². The molecule has 0 radical (unpaired) electrons. The van der Waals surface area contributed by atoms with Crippen LogP contribution >= 0.6 is 0 Å². The van der Waals surface area contributed by atoms with E-state index in [1.165, 1.54) is 0 Å². The fraction of sp³-hybridized carbons (Fsp3) is 0.421. The third kappa shape index (κ3) is 3.79. The molecular weight excluding hydrogens is 314 g/mol. The monoisotopic (exact) mass is 339 g/mol. The van der Waals surface area contributed by atoms with Crippen LogP contribution in [0.3, 0.4) is 0 Å². The van der Waals surface area contributed by atoms with Gasteiger partial charge in [0.15, 0.2) is 0 Å². The predicted octanol–water partition coefficient (Wildman–Crippen LogP) is 2.02. The number of likely N-dealkylation sites (tertiary alicyclic amines) is 1. The number of hydrogen-bond donors (Lipinski definition) is 1. The Morgan fingerprint density at radius 2 is 2.16 bits per heavy atom. The largest absolute Gasteiger partial charge is 0.384 e. The average molecular weight is 339 g/mol. The molecule has 6 heteroatoms. The minimum Gasteiger partial charge on any atom is -0.384 e. The number of likely N-dealkylation sites (N-methyl/N-ethyl adjacent to an activating group) is 1. The van der Waals surface area contributed by atoms with Crippen LogP contribution in [0, 0.1) is 13.8 Å². The summed E-state index contributed by atoms with van der Waals surface area (Å²) in [5, 5.41) is 0. The van der Waals surface area contributed by atoms with E-state index in [0.29, 0.717) is 24.2 Å². The molecule has 2 N–H and O–H groups in total. The maximum absolute atomic E-state index is 12.9. The van der Waals surface area contributed by atoms with Crippen LogP contribution in [0.25, 0.3) is 0 Å². The van der Waals surface area contributed by atoms with Crippen molar-refractivity contribution in [3.8, 4) is 0 Å². The summed E-state index contributed by atoms with van der Waals surface area (Å²) in [7, 11) is 2.04. The number of nitrogens with zero attached hydrogens (tertiary/aromatic N) is 4. The van der Waals surface area contributed by atoms with Crippen LogP contribution in [-0.4, -0.2) is 51.9 Å². The highest BCUT2D eigenvalue weighted by Crippen LogP contribution is 2.21. The fourth-order valence-corrected chi connectivity index (χ4v) is 3.28. The van der Waals surface area contributed by atoms with E-state index in [1.54, 1.807) is 12.3 Å². The summed E-state index contributed by atoms with van der Waals surface area (Å²) in [6.07, 6.45) is 2.63. The molecule has 0 bridgehead atoms. The first kappa shape index (κ1) is 17.4. The van der Waals surface area contributed by atoms with Gasteiger partial charge in [0.05, 0.1) is 6.54 Å². The van der Waals surface area contributed by atoms with E-state index in [1.807, 2.05) is 44.0 Å². The molecule has 1 aliphatic heterocycles. The van der Waals surface area contributed by atoms with Gasteiger partial charge in [-0.25, -0.2) is 9.97 Å². The van der Waals surface area contributed by atoms with Gasteiger partial charge in [0.25, 0.3) is 5.91 Å². The quantitative estimate of drug-likeness (QED) is 0.922. The predicted molar refractivity (Wildman–Crippen MR) is 98.1 cm³/mol. The molecule has 0 unspecified atom stereocenters. The number of benzene rings is 1. The van der Waals surface area contributed by atoms with Gasteiger partial charge in [0.2, 0.25) is 0 Å². The van der Waals surface area contributed by atoms with E-state index >= 15 is 0 Å². The number of rotatable bonds is 4. The van der Waals surface area contributed by atoms with Crippen LogP contribution in [0.15, 0.2) is 30.5 Å². The second-order valence-corrected chi connectivity index (χ2v) is 6.75. The number of nitrogens with two attached hydrogens (primary N) is 1. The number of carbonyl (C=O) groups is 1. The maximum Gasteiger partial charge on any atom is 0.254 e. The van der Waals surface area contributed by atoms with Crippen LogP contribution in [0.5, 0.6) is 0 Å². The molecule has 1 saturated heterocycles. The molecule has 1 aromatic carbocycles. The molecule has 1 amide bonds. The lowest BCUT2D eigenvalue weighted by Gasteiger charge is -2.24. The van der Waals surface area contributed by atoms with Gasteiger partial charge in [-0.2, -0.15) is 0 Å². The van der Waals surface area contributed by atoms with Crippen LogP contribution in [0.2, 0.25) is 0 Å². The van der Waals surface area contributed by atoms with E-state index < -0.39 is 0 Å². The minimum absolute atomic E-state index is 0.123. The Hall–Kier alpha value is -2.47. The van der Waals surface area contributed by atoms with E-state index in [2.05, 4.69) is 14.9 Å². The third-order valence-corrected chi connectivity index (χ3v) is 5.03. The van der Waals surface area contributed by atoms with Crippen molar-refractivity contribution >= 4 is 11.7 Å². The molecular formula is C19H25N5O. The van der Waals surface area contributed by atoms with Gasteiger partial charge in [-0.3, -0.25) is 9.69 Å². The van der Waals surface area contributed by atoms with Crippen molar-refractivity contribution in [3.05, 3.63) is 53.0 Å². The first-order valence-corrected chi connectivity index (χ1v) is 8.59. The van der Waals surface area contributed by atoms with E-state index in [0.717, 1.165) is 36.2 Å². The first-order chi connectivity index (χ1) is 12.0. The average Bonchev–Trinajstić information content (AvgIpc) is 3.07. The van der Waals surface area contributed by atoms with E-state index in [-0.39, 0.29) is 5.91 Å². The molecule has 3 rings (SSSR count). The van der Waals surface area contributed by atoms with E-state index in [9.17, 15) is 4.79 Å². The standard InChI is InChI=1S/C19H25N5O/c1-13-5-4-6-16(14(13)2)19(25)24-10-8-15(11-24)23(3)12-18-21-9-7-17(20)22-18/h4-7,9,15H,8,10-12H2,1-3H3,(H2,20,21,22)/t15-/m1/s1. The summed E-state index contributed by atoms with van der Waals surface area (Å²) in [5.41, 5.74) is 8.74. The molecule has 1 aliphatic rings. The zero-order chi connectivity index (χ0) is 18.0. The second kappa shape index (κ2) is 7.19. The van der Waals surface area contributed by atoms with Gasteiger partial charge >= 0.3 is 0 Å². The summed E-state index contributed by atoms with van der Waals surface area (Å²) in [4.78, 5) is 25.5. The van der Waals surface area contributed by atoms with Crippen LogP contribution in [0.1, 0.15) is 33.7 Å². The number of anilines is 1. The van der Waals surface area contributed by atoms with Crippen LogP contribution in [-0.2, 0) is 6.54 Å². The zero-order valence-electron chi connectivity index (χ0n) is 15.1. The highest BCUT2D eigenvalue weighted by atomic mass is 16.2. The maximum atomic E-state index is 12.9. The molecule has 0 aliphatic carbocycles. The zero-order valence-corrected chi connectivity index (χ0v) is 15.1. The van der Waals surface area contributed by atoms with Gasteiger partial charge < -0.3 is 10.6 Å². The number of carbonyl (C=O) groups excluding carboxylic acids is 1. The SMILES string of the molecule is Cc1cccc(C(=O)N2CC[C@@H](N(C)Cc3nccc(N)n3)C2)c1C. The number of amides is 1. The van der Waals surface area contributed by atoms with Crippen molar-refractivity contribution < 1.29 is 4.79 Å².